The zero-order valence-corrected chi connectivity index (χ0v) is 13.6. The molecule has 3 aliphatic rings. The minimum Gasteiger partial charge on any atom is -0.306 e. The van der Waals surface area contributed by atoms with Gasteiger partial charge < -0.3 is 14.7 Å². The van der Waals surface area contributed by atoms with Gasteiger partial charge in [-0.1, -0.05) is 0 Å². The van der Waals surface area contributed by atoms with Gasteiger partial charge in [-0.15, -0.1) is 0 Å². The summed E-state index contributed by atoms with van der Waals surface area (Å²) < 4.78 is 0. The first-order valence-electron chi connectivity index (χ1n) is 8.80. The largest absolute Gasteiger partial charge is 0.306 e. The molecule has 3 aliphatic heterocycles. The van der Waals surface area contributed by atoms with E-state index >= 15 is 0 Å². The molecule has 116 valence electrons. The van der Waals surface area contributed by atoms with Crippen molar-refractivity contribution in [2.24, 2.45) is 17.8 Å². The molecule has 0 aliphatic carbocycles. The van der Waals surface area contributed by atoms with E-state index in [1.807, 2.05) is 0 Å². The van der Waals surface area contributed by atoms with E-state index in [4.69, 9.17) is 0 Å². The average Bonchev–Trinajstić information content (AvgIpc) is 2.86. The normalized spacial score (nSPS) is 33.0. The number of piperidine rings is 2. The number of nitrogens with zero attached hydrogens (tertiary/aromatic N) is 3. The van der Waals surface area contributed by atoms with Crippen LogP contribution in [-0.4, -0.2) is 74.6 Å². The Morgan fingerprint density at radius 1 is 0.700 bits per heavy atom. The fourth-order valence-corrected chi connectivity index (χ4v) is 4.65. The molecular formula is C17H33N3. The lowest BCUT2D eigenvalue weighted by molar-refractivity contribution is 0.0976. The number of likely N-dealkylation sites (tertiary alicyclic amines) is 3. The Labute approximate surface area is 125 Å². The van der Waals surface area contributed by atoms with Crippen molar-refractivity contribution in [1.82, 2.24) is 14.7 Å². The van der Waals surface area contributed by atoms with Crippen LogP contribution >= 0.6 is 0 Å². The predicted molar refractivity (Wildman–Crippen MR) is 85.0 cm³/mol. The molecule has 3 fully saturated rings. The van der Waals surface area contributed by atoms with Crippen LogP contribution in [0, 0.1) is 17.8 Å². The lowest BCUT2D eigenvalue weighted by atomic mass is 9.79. The molecule has 0 spiro atoms. The van der Waals surface area contributed by atoms with Gasteiger partial charge in [0.2, 0.25) is 0 Å². The molecule has 0 bridgehead atoms. The van der Waals surface area contributed by atoms with Crippen LogP contribution in [-0.2, 0) is 0 Å². The van der Waals surface area contributed by atoms with Crippen LogP contribution in [0.25, 0.3) is 0 Å². The molecule has 0 N–H and O–H groups in total. The lowest BCUT2D eigenvalue weighted by Gasteiger charge is -2.40. The first kappa shape index (κ1) is 14.8. The van der Waals surface area contributed by atoms with Crippen LogP contribution in [0.1, 0.15) is 32.1 Å². The minimum absolute atomic E-state index is 0.944. The molecule has 0 aromatic rings. The van der Waals surface area contributed by atoms with Crippen molar-refractivity contribution in [3.8, 4) is 0 Å². The molecule has 3 nitrogen and oxygen atoms in total. The van der Waals surface area contributed by atoms with Crippen molar-refractivity contribution < 1.29 is 0 Å². The second kappa shape index (κ2) is 6.76. The topological polar surface area (TPSA) is 9.72 Å². The summed E-state index contributed by atoms with van der Waals surface area (Å²) in [7, 11) is 4.55. The van der Waals surface area contributed by atoms with Gasteiger partial charge in [0, 0.05) is 13.1 Å². The van der Waals surface area contributed by atoms with Crippen molar-refractivity contribution in [3.63, 3.8) is 0 Å². The Kier molecular flexibility index (Phi) is 5.00. The molecule has 0 radical (unpaired) electrons. The number of hydrogen-bond donors (Lipinski definition) is 0. The van der Waals surface area contributed by atoms with E-state index in [1.54, 1.807) is 0 Å². The Bertz CT molecular complexity index is 291. The van der Waals surface area contributed by atoms with Gasteiger partial charge in [-0.2, -0.15) is 0 Å². The summed E-state index contributed by atoms with van der Waals surface area (Å²) in [6.07, 6.45) is 7.27. The van der Waals surface area contributed by atoms with Gasteiger partial charge in [-0.25, -0.2) is 0 Å². The molecule has 0 aromatic carbocycles. The van der Waals surface area contributed by atoms with E-state index < -0.39 is 0 Å². The standard InChI is InChI=1S/C17H33N3/c1-18-9-4-16(5-10-18)17-6-11-20(12-7-17)14-15-3-8-19(2)13-15/h15-17H,3-14H2,1-2H3. The molecule has 0 aromatic heterocycles. The number of rotatable bonds is 3. The summed E-state index contributed by atoms with van der Waals surface area (Å²) in [5.41, 5.74) is 0. The highest BCUT2D eigenvalue weighted by molar-refractivity contribution is 4.83. The van der Waals surface area contributed by atoms with Crippen LogP contribution < -0.4 is 0 Å². The Morgan fingerprint density at radius 2 is 1.25 bits per heavy atom. The van der Waals surface area contributed by atoms with Crippen LogP contribution in [0.5, 0.6) is 0 Å². The zero-order chi connectivity index (χ0) is 13.9. The van der Waals surface area contributed by atoms with E-state index in [1.165, 1.54) is 77.9 Å². The third-order valence-electron chi connectivity index (χ3n) is 6.07. The fourth-order valence-electron chi connectivity index (χ4n) is 4.65. The quantitative estimate of drug-likeness (QED) is 0.782. The SMILES string of the molecule is CN1CCC(C2CCN(CC3CCN(C)C3)CC2)CC1. The van der Waals surface area contributed by atoms with Gasteiger partial charge in [0.1, 0.15) is 0 Å². The van der Waals surface area contributed by atoms with Gasteiger partial charge >= 0.3 is 0 Å². The van der Waals surface area contributed by atoms with Gasteiger partial charge in [0.25, 0.3) is 0 Å². The van der Waals surface area contributed by atoms with Crippen LogP contribution in [0.3, 0.4) is 0 Å². The van der Waals surface area contributed by atoms with Gasteiger partial charge in [-0.05, 0) is 96.7 Å². The highest BCUT2D eigenvalue weighted by atomic mass is 15.2. The molecule has 3 heterocycles. The Hall–Kier alpha value is -0.120. The van der Waals surface area contributed by atoms with Crippen molar-refractivity contribution in [2.45, 2.75) is 32.1 Å². The smallest absolute Gasteiger partial charge is 0.00224 e. The maximum atomic E-state index is 2.76. The van der Waals surface area contributed by atoms with Gasteiger partial charge in [0.15, 0.2) is 0 Å². The van der Waals surface area contributed by atoms with Gasteiger partial charge in [-0.3, -0.25) is 0 Å². The second-order valence-corrected chi connectivity index (χ2v) is 7.70. The van der Waals surface area contributed by atoms with Crippen molar-refractivity contribution in [3.05, 3.63) is 0 Å². The summed E-state index contributed by atoms with van der Waals surface area (Å²) in [5.74, 6) is 3.01. The zero-order valence-electron chi connectivity index (χ0n) is 13.6. The van der Waals surface area contributed by atoms with Crippen molar-refractivity contribution >= 4 is 0 Å². The van der Waals surface area contributed by atoms with Crippen molar-refractivity contribution in [1.29, 1.82) is 0 Å². The minimum atomic E-state index is 0.944. The van der Waals surface area contributed by atoms with Gasteiger partial charge in [0.05, 0.1) is 0 Å². The van der Waals surface area contributed by atoms with E-state index in [9.17, 15) is 0 Å². The number of hydrogen-bond acceptors (Lipinski definition) is 3. The highest BCUT2D eigenvalue weighted by Crippen LogP contribution is 2.32. The van der Waals surface area contributed by atoms with E-state index in [0.29, 0.717) is 0 Å². The fraction of sp³-hybridized carbons (Fsp3) is 1.00. The van der Waals surface area contributed by atoms with E-state index in [-0.39, 0.29) is 0 Å². The Morgan fingerprint density at radius 3 is 1.80 bits per heavy atom. The molecule has 20 heavy (non-hydrogen) atoms. The van der Waals surface area contributed by atoms with Crippen LogP contribution in [0.2, 0.25) is 0 Å². The first-order valence-corrected chi connectivity index (χ1v) is 8.80. The summed E-state index contributed by atoms with van der Waals surface area (Å²) in [4.78, 5) is 7.76. The maximum Gasteiger partial charge on any atom is 0.00224 e. The Balaban J connectivity index is 1.38. The molecule has 1 atom stereocenters. The second-order valence-electron chi connectivity index (χ2n) is 7.70. The molecule has 0 saturated carbocycles. The summed E-state index contributed by atoms with van der Waals surface area (Å²) in [6, 6.07) is 0. The summed E-state index contributed by atoms with van der Waals surface area (Å²) in [5, 5.41) is 0. The van der Waals surface area contributed by atoms with E-state index in [0.717, 1.165) is 17.8 Å². The molecule has 3 heteroatoms. The molecule has 1 unspecified atom stereocenters. The van der Waals surface area contributed by atoms with Crippen LogP contribution in [0.15, 0.2) is 0 Å². The molecule has 3 saturated heterocycles. The predicted octanol–water partition coefficient (Wildman–Crippen LogP) is 1.99. The summed E-state index contributed by atoms with van der Waals surface area (Å²) >= 11 is 0. The maximum absolute atomic E-state index is 2.76. The van der Waals surface area contributed by atoms with Crippen molar-refractivity contribution in [2.75, 3.05) is 59.9 Å². The third-order valence-corrected chi connectivity index (χ3v) is 6.07. The average molecular weight is 279 g/mol. The monoisotopic (exact) mass is 279 g/mol. The molecule has 3 rings (SSSR count). The first-order chi connectivity index (χ1) is 9.70. The van der Waals surface area contributed by atoms with Crippen LogP contribution in [0.4, 0.5) is 0 Å². The highest BCUT2D eigenvalue weighted by Gasteiger charge is 2.30. The van der Waals surface area contributed by atoms with E-state index in [2.05, 4.69) is 28.8 Å². The third kappa shape index (κ3) is 3.75. The molecular weight excluding hydrogens is 246 g/mol. The molecule has 0 amide bonds. The summed E-state index contributed by atoms with van der Waals surface area (Å²) in [6.45, 7) is 9.42. The lowest BCUT2D eigenvalue weighted by Crippen LogP contribution is -2.41.